The Morgan fingerprint density at radius 1 is 0.398 bits per heavy atom. The lowest BCUT2D eigenvalue weighted by Crippen LogP contribution is -2.60. The molecule has 25 N–H and O–H groups in total. The number of aliphatic imine (C=N–C) groups is 1. The number of likely N-dealkylation sites (tertiary alicyclic amines) is 4. The molecular formula is C60H108N20O13. The molecule has 11 amide bonds. The van der Waals surface area contributed by atoms with Crippen molar-refractivity contribution in [3.8, 4) is 0 Å². The third-order valence-corrected chi connectivity index (χ3v) is 17.5. The summed E-state index contributed by atoms with van der Waals surface area (Å²) >= 11 is 0. The van der Waals surface area contributed by atoms with Gasteiger partial charge in [0.25, 0.3) is 0 Å². The zero-order chi connectivity index (χ0) is 68.6. The fraction of sp³-hybridized carbons (Fsp3) is 0.783. The van der Waals surface area contributed by atoms with Gasteiger partial charge in [-0.05, 0) is 193 Å². The van der Waals surface area contributed by atoms with E-state index in [1.807, 2.05) is 0 Å². The molecule has 4 fully saturated rings. The molecule has 0 radical (unpaired) electrons. The van der Waals surface area contributed by atoms with E-state index in [0.717, 1.165) is 0 Å². The van der Waals surface area contributed by atoms with Crippen molar-refractivity contribution in [1.29, 1.82) is 0 Å². The van der Waals surface area contributed by atoms with Crippen molar-refractivity contribution in [2.75, 3.05) is 65.4 Å². The Bertz CT molecular complexity index is 2530. The van der Waals surface area contributed by atoms with Crippen LogP contribution < -0.4 is 83.5 Å². The monoisotopic (exact) mass is 1320 g/mol. The molecule has 4 aliphatic rings. The number of aliphatic carboxylic acids is 1. The molecule has 0 bridgehead atoms. The number of carbonyl (C=O) groups excluding carboxylic acids is 11. The number of nitrogens with one attached hydrogen (secondary N) is 6. The highest BCUT2D eigenvalue weighted by Gasteiger charge is 2.49. The van der Waals surface area contributed by atoms with Gasteiger partial charge in [-0.15, -0.1) is 0 Å². The summed E-state index contributed by atoms with van der Waals surface area (Å²) in [6, 6.07) is -12.8. The molecule has 0 aromatic rings. The average Bonchev–Trinajstić information content (AvgIpc) is 1.68. The molecular weight excluding hydrogens is 1210 g/mol. The summed E-state index contributed by atoms with van der Waals surface area (Å²) in [5.41, 5.74) is 51.2. The highest BCUT2D eigenvalue weighted by atomic mass is 16.4. The Morgan fingerprint density at radius 3 is 1.15 bits per heavy atom. The van der Waals surface area contributed by atoms with Crippen molar-refractivity contribution >= 4 is 76.9 Å². The predicted molar refractivity (Wildman–Crippen MR) is 344 cm³/mol. The highest BCUT2D eigenvalue weighted by molar-refractivity contribution is 6.00. The zero-order valence-electron chi connectivity index (χ0n) is 54.1. The lowest BCUT2D eigenvalue weighted by atomic mass is 10.0. The smallest absolute Gasteiger partial charge is 0.326 e. The molecule has 0 unspecified atom stereocenters. The Balaban J connectivity index is 1.50. The van der Waals surface area contributed by atoms with Gasteiger partial charge in [-0.25, -0.2) is 4.79 Å². The van der Waals surface area contributed by atoms with Crippen LogP contribution in [0.15, 0.2) is 4.99 Å². The topological polar surface area (TPSA) is 557 Å². The Labute approximate surface area is 544 Å². The number of guanidine groups is 1. The molecule has 33 heteroatoms. The summed E-state index contributed by atoms with van der Waals surface area (Å²) in [5, 5.41) is 25.8. The molecule has 0 aliphatic carbocycles. The maximum atomic E-state index is 14.8. The van der Waals surface area contributed by atoms with Crippen LogP contribution in [0.5, 0.6) is 0 Å². The van der Waals surface area contributed by atoms with E-state index in [1.54, 1.807) is 0 Å². The van der Waals surface area contributed by atoms with E-state index >= 15 is 0 Å². The minimum Gasteiger partial charge on any atom is -0.480 e. The van der Waals surface area contributed by atoms with E-state index in [1.165, 1.54) is 19.6 Å². The molecule has 4 heterocycles. The number of carboxylic acid groups (broad SMARTS) is 1. The van der Waals surface area contributed by atoms with Gasteiger partial charge in [0.2, 0.25) is 65.0 Å². The van der Waals surface area contributed by atoms with Crippen LogP contribution in [0.25, 0.3) is 0 Å². The first-order chi connectivity index (χ1) is 44.5. The molecule has 0 aromatic heterocycles. The number of rotatable bonds is 43. The van der Waals surface area contributed by atoms with Gasteiger partial charge in [0.1, 0.15) is 60.4 Å². The SMILES string of the molecule is NCCCC[C@H](NC(=O)[C@H](CCCCN)NC(=O)[C@@H]1CCCN1C(=O)[C@@H]1CCCN1C(=O)[C@@H]1CCCN1C(=O)[C@@H]1CCCN1C(=O)[C@H](CCCCN)NC(=O)[C@H](CC(N)=O)NC(=O)[C@H](CCCCN)NC(=O)[C@H](CCCCN)NC(=O)[C@@H](N)CCCN=C(N)N)C(=O)O. The van der Waals surface area contributed by atoms with Gasteiger partial charge >= 0.3 is 5.97 Å². The summed E-state index contributed by atoms with van der Waals surface area (Å²) in [6.07, 6.45) is 7.68. The normalized spacial score (nSPS) is 20.1. The minimum atomic E-state index is -1.66. The highest BCUT2D eigenvalue weighted by Crippen LogP contribution is 2.31. The fourth-order valence-corrected chi connectivity index (χ4v) is 12.4. The van der Waals surface area contributed by atoms with Crippen molar-refractivity contribution in [1.82, 2.24) is 51.5 Å². The van der Waals surface area contributed by atoms with E-state index in [-0.39, 0.29) is 116 Å². The number of nitrogens with two attached hydrogens (primary N) is 9. The van der Waals surface area contributed by atoms with Gasteiger partial charge in [-0.1, -0.05) is 0 Å². The van der Waals surface area contributed by atoms with Gasteiger partial charge in [-0.2, -0.15) is 0 Å². The third kappa shape index (κ3) is 24.8. The molecule has 4 rings (SSSR count). The van der Waals surface area contributed by atoms with Crippen molar-refractivity contribution in [2.24, 2.45) is 56.6 Å². The van der Waals surface area contributed by atoms with Crippen LogP contribution in [0.4, 0.5) is 0 Å². The van der Waals surface area contributed by atoms with E-state index in [9.17, 15) is 62.6 Å². The molecule has 93 heavy (non-hydrogen) atoms. The first kappa shape index (κ1) is 78.1. The fourth-order valence-electron chi connectivity index (χ4n) is 12.4. The van der Waals surface area contributed by atoms with Crippen LogP contribution in [0.2, 0.25) is 0 Å². The van der Waals surface area contributed by atoms with E-state index in [4.69, 9.17) is 51.6 Å². The summed E-state index contributed by atoms with van der Waals surface area (Å²) in [4.78, 5) is 177. The van der Waals surface area contributed by atoms with Crippen LogP contribution in [-0.2, 0) is 57.5 Å². The molecule has 4 aliphatic heterocycles. The van der Waals surface area contributed by atoms with Crippen molar-refractivity contribution < 1.29 is 62.6 Å². The first-order valence-corrected chi connectivity index (χ1v) is 33.4. The number of amides is 11. The lowest BCUT2D eigenvalue weighted by molar-refractivity contribution is -0.153. The second-order valence-corrected chi connectivity index (χ2v) is 24.6. The van der Waals surface area contributed by atoms with Crippen LogP contribution in [0.3, 0.4) is 0 Å². The summed E-state index contributed by atoms with van der Waals surface area (Å²) < 4.78 is 0. The summed E-state index contributed by atoms with van der Waals surface area (Å²) in [6.45, 7) is 2.40. The third-order valence-electron chi connectivity index (χ3n) is 17.5. The number of unbranched alkanes of at least 4 members (excludes halogenated alkanes) is 5. The van der Waals surface area contributed by atoms with Gasteiger partial charge < -0.3 is 108 Å². The quantitative estimate of drug-likeness (QED) is 0.0154. The average molecular weight is 1320 g/mol. The van der Waals surface area contributed by atoms with Crippen LogP contribution in [-0.4, -0.2) is 234 Å². The van der Waals surface area contributed by atoms with Crippen LogP contribution >= 0.6 is 0 Å². The number of hydrogen-bond acceptors (Lipinski definition) is 19. The van der Waals surface area contributed by atoms with Crippen LogP contribution in [0.1, 0.15) is 167 Å². The predicted octanol–water partition coefficient (Wildman–Crippen LogP) is -5.15. The van der Waals surface area contributed by atoms with Crippen molar-refractivity contribution in [3.63, 3.8) is 0 Å². The van der Waals surface area contributed by atoms with Crippen molar-refractivity contribution in [3.05, 3.63) is 0 Å². The molecule has 0 saturated carbocycles. The largest absolute Gasteiger partial charge is 0.480 e. The molecule has 11 atom stereocenters. The summed E-state index contributed by atoms with van der Waals surface area (Å²) in [7, 11) is 0. The number of carbonyl (C=O) groups is 12. The first-order valence-electron chi connectivity index (χ1n) is 33.4. The van der Waals surface area contributed by atoms with Gasteiger partial charge in [-0.3, -0.25) is 57.7 Å². The maximum Gasteiger partial charge on any atom is 0.326 e. The Morgan fingerprint density at radius 2 is 0.731 bits per heavy atom. The summed E-state index contributed by atoms with van der Waals surface area (Å²) in [5.74, 6) is -8.86. The van der Waals surface area contributed by atoms with E-state index in [2.05, 4.69) is 36.9 Å². The second-order valence-electron chi connectivity index (χ2n) is 24.6. The number of nitrogens with zero attached hydrogens (tertiary/aromatic N) is 5. The standard InChI is InChI=1S/C60H108N20O13/c61-26-6-1-17-38(71-49(82)37(66)16-11-31-70-60(68)69)50(83)72-39(18-2-7-27-62)52(85)76-43(36-48(67)81)53(86)74-41(20-4-9-29-64)55(88)78-33-13-23-45(78)57(90)80-35-15-25-47(80)58(91)79-34-14-24-46(79)56(89)77-32-12-22-44(77)54(87)73-40(19-3-8-28-63)51(84)75-42(59(92)93)21-5-10-30-65/h37-47H,1-36,61-66H2,(H2,67,81)(H,71,82)(H,72,83)(H,73,87)(H,74,86)(H,75,84)(H,76,85)(H,92,93)(H4,68,69,70)/t37-,38-,39-,40-,41-,42-,43-,44-,45-,46-,47-/m0/s1. The molecule has 4 saturated heterocycles. The molecule has 526 valence electrons. The lowest BCUT2D eigenvalue weighted by Gasteiger charge is -2.36. The second kappa shape index (κ2) is 41.4. The van der Waals surface area contributed by atoms with Gasteiger partial charge in [0.05, 0.1) is 12.5 Å². The van der Waals surface area contributed by atoms with Gasteiger partial charge in [0, 0.05) is 32.7 Å². The number of primary amides is 1. The maximum absolute atomic E-state index is 14.8. The van der Waals surface area contributed by atoms with Crippen molar-refractivity contribution in [2.45, 2.75) is 233 Å². The van der Waals surface area contributed by atoms with E-state index < -0.39 is 144 Å². The Hall–Kier alpha value is -7.33. The molecule has 0 aromatic carbocycles. The zero-order valence-corrected chi connectivity index (χ0v) is 54.1. The molecule has 33 nitrogen and oxygen atoms in total. The van der Waals surface area contributed by atoms with Crippen LogP contribution in [0, 0.1) is 0 Å². The van der Waals surface area contributed by atoms with E-state index in [0.29, 0.717) is 116 Å². The van der Waals surface area contributed by atoms with Gasteiger partial charge in [0.15, 0.2) is 5.96 Å². The Kier molecular flexibility index (Phi) is 34.8. The molecule has 0 spiro atoms. The number of carboxylic acids is 1. The number of hydrogen-bond donors (Lipinski definition) is 16. The minimum absolute atomic E-state index is 0.0240.